The summed E-state index contributed by atoms with van der Waals surface area (Å²) in [6.45, 7) is 3.51. The number of nitrogens with zero attached hydrogens (tertiary/aromatic N) is 1. The van der Waals surface area contributed by atoms with Crippen molar-refractivity contribution in [1.29, 1.82) is 0 Å². The van der Waals surface area contributed by atoms with Crippen molar-refractivity contribution >= 4 is 23.6 Å². The van der Waals surface area contributed by atoms with E-state index in [0.29, 0.717) is 24.3 Å². The van der Waals surface area contributed by atoms with Crippen LogP contribution in [0.2, 0.25) is 0 Å². The number of halogens is 3. The number of carboxylic acid groups (broad SMARTS) is 1. The molecule has 1 aliphatic rings. The number of nitrogens with one attached hydrogen (secondary N) is 2. The van der Waals surface area contributed by atoms with Crippen molar-refractivity contribution in [2.24, 2.45) is 5.73 Å². The van der Waals surface area contributed by atoms with Gasteiger partial charge in [0.15, 0.2) is 17.4 Å². The molecule has 5 atom stereocenters. The molecular formula is C29H35F3N4O6. The third-order valence-corrected chi connectivity index (χ3v) is 6.94. The molecule has 5 N–H and O–H groups in total. The number of carbonyl (C=O) groups excluding carboxylic acids is 3. The van der Waals surface area contributed by atoms with Crippen LogP contribution in [0.4, 0.5) is 13.2 Å². The zero-order chi connectivity index (χ0) is 31.0. The van der Waals surface area contributed by atoms with Crippen LogP contribution in [0.25, 0.3) is 0 Å². The lowest BCUT2D eigenvalue weighted by molar-refractivity contribution is -0.148. The number of aliphatic carboxylic acids is 1. The highest BCUT2D eigenvalue weighted by molar-refractivity contribution is 6.00. The van der Waals surface area contributed by atoms with Gasteiger partial charge in [0.05, 0.1) is 18.7 Å². The molecule has 3 rings (SSSR count). The summed E-state index contributed by atoms with van der Waals surface area (Å²) in [6.07, 6.45) is -0.617. The maximum atomic E-state index is 13.9. The smallest absolute Gasteiger partial charge is 0.326 e. The zero-order valence-electron chi connectivity index (χ0n) is 23.3. The van der Waals surface area contributed by atoms with Gasteiger partial charge in [0, 0.05) is 49.7 Å². The molecule has 1 fully saturated rings. The second-order valence-electron chi connectivity index (χ2n) is 10.2. The van der Waals surface area contributed by atoms with Gasteiger partial charge < -0.3 is 25.8 Å². The minimum atomic E-state index is -1.34. The lowest BCUT2D eigenvalue weighted by atomic mass is 10.0. The molecule has 2 amide bonds. The van der Waals surface area contributed by atoms with Gasteiger partial charge in [-0.3, -0.25) is 19.7 Å². The van der Waals surface area contributed by atoms with Gasteiger partial charge in [-0.15, -0.1) is 0 Å². The van der Waals surface area contributed by atoms with E-state index in [2.05, 4.69) is 10.6 Å². The van der Waals surface area contributed by atoms with E-state index < -0.39 is 65.4 Å². The number of hydrogen-bond donors (Lipinski definition) is 4. The molecule has 228 valence electrons. The summed E-state index contributed by atoms with van der Waals surface area (Å²) in [5, 5.41) is 15.4. The summed E-state index contributed by atoms with van der Waals surface area (Å²) in [5.74, 6) is -6.27. The minimum Gasteiger partial charge on any atom is -0.480 e. The summed E-state index contributed by atoms with van der Waals surface area (Å²) in [6, 6.07) is 4.85. The van der Waals surface area contributed by atoms with Crippen molar-refractivity contribution in [3.8, 4) is 0 Å². The van der Waals surface area contributed by atoms with E-state index in [1.54, 1.807) is 37.3 Å². The Kier molecular flexibility index (Phi) is 11.6. The summed E-state index contributed by atoms with van der Waals surface area (Å²) in [4.78, 5) is 52.1. The van der Waals surface area contributed by atoms with Crippen LogP contribution in [0, 0.1) is 17.5 Å². The first-order chi connectivity index (χ1) is 19.9. The number of Topliss-reactive ketones (excluding diaryl/α,β-unsaturated/α-hetero) is 1. The number of rotatable bonds is 14. The Morgan fingerprint density at radius 2 is 1.76 bits per heavy atom. The topological polar surface area (TPSA) is 151 Å². The van der Waals surface area contributed by atoms with Crippen molar-refractivity contribution in [3.63, 3.8) is 0 Å². The summed E-state index contributed by atoms with van der Waals surface area (Å²) in [5.41, 5.74) is 6.16. The predicted octanol–water partition coefficient (Wildman–Crippen LogP) is 1.80. The van der Waals surface area contributed by atoms with Crippen molar-refractivity contribution < 1.29 is 42.2 Å². The number of benzene rings is 2. The normalized spacial score (nSPS) is 18.8. The molecule has 0 aliphatic carbocycles. The van der Waals surface area contributed by atoms with Crippen LogP contribution in [-0.4, -0.2) is 83.5 Å². The number of nitrogens with two attached hydrogens (primary N) is 1. The van der Waals surface area contributed by atoms with Gasteiger partial charge in [0.25, 0.3) is 0 Å². The highest BCUT2D eigenvalue weighted by Crippen LogP contribution is 2.21. The molecule has 0 radical (unpaired) electrons. The second-order valence-corrected chi connectivity index (χ2v) is 10.2. The fraction of sp³-hybridized carbons (Fsp3) is 0.448. The lowest BCUT2D eigenvalue weighted by Gasteiger charge is -2.28. The average Bonchev–Trinajstić information content (AvgIpc) is 3.37. The van der Waals surface area contributed by atoms with E-state index in [1.165, 1.54) is 6.92 Å². The molecule has 42 heavy (non-hydrogen) atoms. The van der Waals surface area contributed by atoms with E-state index in [1.807, 2.05) is 0 Å². The molecule has 1 unspecified atom stereocenters. The third kappa shape index (κ3) is 8.60. The average molecular weight is 593 g/mol. The van der Waals surface area contributed by atoms with Gasteiger partial charge in [0.1, 0.15) is 11.9 Å². The fourth-order valence-electron chi connectivity index (χ4n) is 4.88. The monoisotopic (exact) mass is 592 g/mol. The first-order valence-electron chi connectivity index (χ1n) is 13.6. The maximum Gasteiger partial charge on any atom is 0.326 e. The van der Waals surface area contributed by atoms with Gasteiger partial charge >= 0.3 is 5.97 Å². The van der Waals surface area contributed by atoms with E-state index >= 15 is 0 Å². The fourth-order valence-corrected chi connectivity index (χ4v) is 4.88. The van der Waals surface area contributed by atoms with Crippen LogP contribution in [-0.2, 0) is 25.5 Å². The van der Waals surface area contributed by atoms with Gasteiger partial charge in [-0.1, -0.05) is 30.3 Å². The number of likely N-dealkylation sites (tertiary alicyclic amines) is 1. The number of carbonyl (C=O) groups is 4. The van der Waals surface area contributed by atoms with E-state index in [9.17, 15) is 37.5 Å². The number of amides is 2. The molecule has 13 heteroatoms. The molecule has 0 saturated carbocycles. The Labute approximate surface area is 241 Å². The first kappa shape index (κ1) is 32.7. The Morgan fingerprint density at radius 1 is 1.10 bits per heavy atom. The Morgan fingerprint density at radius 3 is 2.40 bits per heavy atom. The molecule has 1 aliphatic heterocycles. The van der Waals surface area contributed by atoms with Crippen LogP contribution < -0.4 is 16.4 Å². The van der Waals surface area contributed by atoms with Gasteiger partial charge in [-0.25, -0.2) is 18.0 Å². The lowest BCUT2D eigenvalue weighted by Crippen LogP contribution is -2.54. The molecule has 0 spiro atoms. The highest BCUT2D eigenvalue weighted by Gasteiger charge is 2.42. The highest BCUT2D eigenvalue weighted by atomic mass is 19.2. The van der Waals surface area contributed by atoms with Crippen LogP contribution in [0.5, 0.6) is 0 Å². The van der Waals surface area contributed by atoms with Crippen LogP contribution >= 0.6 is 0 Å². The van der Waals surface area contributed by atoms with Crippen molar-refractivity contribution in [3.05, 3.63) is 71.0 Å². The second kappa shape index (κ2) is 14.9. The predicted molar refractivity (Wildman–Crippen MR) is 146 cm³/mol. The molecule has 0 aromatic heterocycles. The minimum absolute atomic E-state index is 0.00237. The maximum absolute atomic E-state index is 13.9. The molecule has 10 nitrogen and oxygen atoms in total. The standard InChI is InChI=1S/C29H35F3N4O6/c1-3-42-15-24(27(38)17-7-5-4-6-8-17)34-16(2)28(39)36-14-20(12-25(36)29(40)41)35-26(37)11-19(33)9-18-10-22(31)23(32)13-21(18)30/h4-8,10,13,16,19-20,24-25,34H,3,9,11-12,14-15,33H2,1-2H3,(H,35,37)(H,40,41)/t16-,19+,20-,24?,25-/m0/s1. The molecule has 1 heterocycles. The third-order valence-electron chi connectivity index (χ3n) is 6.94. The summed E-state index contributed by atoms with van der Waals surface area (Å²) in [7, 11) is 0. The zero-order valence-corrected chi connectivity index (χ0v) is 23.3. The van der Waals surface area contributed by atoms with E-state index in [4.69, 9.17) is 10.5 Å². The van der Waals surface area contributed by atoms with Gasteiger partial charge in [0.2, 0.25) is 11.8 Å². The van der Waals surface area contributed by atoms with Crippen molar-refractivity contribution in [2.45, 2.75) is 63.3 Å². The van der Waals surface area contributed by atoms with Crippen molar-refractivity contribution in [1.82, 2.24) is 15.5 Å². The summed E-state index contributed by atoms with van der Waals surface area (Å²) >= 11 is 0. The van der Waals surface area contributed by atoms with Crippen molar-refractivity contribution in [2.75, 3.05) is 19.8 Å². The van der Waals surface area contributed by atoms with E-state index in [0.717, 1.165) is 4.90 Å². The molecule has 2 aromatic carbocycles. The SMILES string of the molecule is CCOCC(N[C@@H](C)C(=O)N1C[C@@H](NC(=O)C[C@H](N)Cc2cc(F)c(F)cc2F)C[C@H]1C(=O)O)C(=O)c1ccccc1. The van der Waals surface area contributed by atoms with E-state index in [-0.39, 0.29) is 43.8 Å². The molecule has 1 saturated heterocycles. The molecule has 0 bridgehead atoms. The Balaban J connectivity index is 1.61. The number of carboxylic acids is 1. The number of hydrogen-bond acceptors (Lipinski definition) is 7. The van der Waals surface area contributed by atoms with Gasteiger partial charge in [-0.05, 0) is 31.9 Å². The quantitative estimate of drug-likeness (QED) is 0.192. The Bertz CT molecular complexity index is 1280. The molecule has 2 aromatic rings. The van der Waals surface area contributed by atoms with Gasteiger partial charge in [-0.2, -0.15) is 0 Å². The van der Waals surface area contributed by atoms with Crippen LogP contribution in [0.15, 0.2) is 42.5 Å². The largest absolute Gasteiger partial charge is 0.480 e. The number of ketones is 1. The molecular weight excluding hydrogens is 557 g/mol. The number of ether oxygens (including phenoxy) is 1. The van der Waals surface area contributed by atoms with Crippen LogP contribution in [0.3, 0.4) is 0 Å². The summed E-state index contributed by atoms with van der Waals surface area (Å²) < 4.78 is 46.0. The Hall–Kier alpha value is -3.81. The first-order valence-corrected chi connectivity index (χ1v) is 13.6. The van der Waals surface area contributed by atoms with Crippen LogP contribution in [0.1, 0.15) is 42.6 Å².